The lowest BCUT2D eigenvalue weighted by molar-refractivity contribution is 0.332. The first-order valence-corrected chi connectivity index (χ1v) is 27.8. The normalized spacial score (nSPS) is 17.8. The van der Waals surface area contributed by atoms with Gasteiger partial charge in [0, 0.05) is 66.9 Å². The molecule has 3 aromatic heterocycles. The summed E-state index contributed by atoms with van der Waals surface area (Å²) in [5, 5.41) is 5.60. The summed E-state index contributed by atoms with van der Waals surface area (Å²) in [6.07, 6.45) is 4.52. The second-order valence-corrected chi connectivity index (χ2v) is 26.6. The van der Waals surface area contributed by atoms with E-state index < -0.39 is 0 Å². The predicted octanol–water partition coefficient (Wildman–Crippen LogP) is 18.6. The Balaban J connectivity index is 1.10. The molecule has 6 heteroatoms. The fourth-order valence-electron chi connectivity index (χ4n) is 14.2. The van der Waals surface area contributed by atoms with E-state index in [1.807, 2.05) is 0 Å². The summed E-state index contributed by atoms with van der Waals surface area (Å²) in [5.74, 6) is 0. The Bertz CT molecular complexity index is 4270. The lowest BCUT2D eigenvalue weighted by Crippen LogP contribution is -2.61. The van der Waals surface area contributed by atoms with Crippen LogP contribution >= 0.6 is 0 Å². The van der Waals surface area contributed by atoms with Gasteiger partial charge in [-0.25, -0.2) is 0 Å². The number of furan rings is 3. The summed E-state index contributed by atoms with van der Waals surface area (Å²) in [6.45, 7) is 25.8. The molecule has 5 heterocycles. The number of benzene rings is 8. The molecule has 15 rings (SSSR count). The van der Waals surface area contributed by atoms with Gasteiger partial charge in [0.15, 0.2) is 0 Å². The average Bonchev–Trinajstić information content (AvgIpc) is 4.09. The molecular formula is C70H65BN2O3. The fourth-order valence-corrected chi connectivity index (χ4v) is 14.2. The molecule has 0 radical (unpaired) electrons. The van der Waals surface area contributed by atoms with Crippen LogP contribution in [-0.2, 0) is 27.1 Å². The number of rotatable bonds is 3. The van der Waals surface area contributed by atoms with Crippen LogP contribution in [0, 0.1) is 0 Å². The number of anilines is 5. The van der Waals surface area contributed by atoms with E-state index in [2.05, 4.69) is 231 Å². The van der Waals surface area contributed by atoms with Gasteiger partial charge < -0.3 is 23.0 Å². The molecule has 0 bridgehead atoms. The zero-order valence-electron chi connectivity index (χ0n) is 45.9. The molecular weight excluding hydrogens is 928 g/mol. The standard InChI is InChI=1S/C70H65BN2O3/c1-66(2,3)42-23-27-43(28-24-42)72-56-36-48-45-19-15-16-20-57(45)75-64(48)61-49-33-46-47-34-51-53(69(8,9)31-29-67(51,4)5)37-58(47)74-60(46)39-55(49)73(44-25-21-41(22-26-44)40-17-13-12-14-18-40)71(62(56)61)65-63(72)50-35-52-54(38-59(50)76-65)70(10,11)32-30-68(52,6)7/h12-28,33-39H,29-32H2,1-11H3. The van der Waals surface area contributed by atoms with E-state index in [9.17, 15) is 0 Å². The summed E-state index contributed by atoms with van der Waals surface area (Å²) in [6, 6.07) is 54.7. The molecule has 0 atom stereocenters. The number of hydrogen-bond acceptors (Lipinski definition) is 5. The summed E-state index contributed by atoms with van der Waals surface area (Å²) >= 11 is 0. The van der Waals surface area contributed by atoms with Gasteiger partial charge in [-0.05, 0) is 164 Å². The highest BCUT2D eigenvalue weighted by Crippen LogP contribution is 2.56. The molecule has 8 aromatic carbocycles. The van der Waals surface area contributed by atoms with Crippen molar-refractivity contribution in [3.8, 4) is 22.3 Å². The van der Waals surface area contributed by atoms with Gasteiger partial charge in [0.05, 0.1) is 5.69 Å². The number of fused-ring (bicyclic) bond motifs is 15. The Morgan fingerprint density at radius 2 is 0.987 bits per heavy atom. The Hall–Kier alpha value is -7.44. The van der Waals surface area contributed by atoms with E-state index >= 15 is 0 Å². The zero-order valence-corrected chi connectivity index (χ0v) is 45.9. The van der Waals surface area contributed by atoms with Crippen LogP contribution in [0.25, 0.3) is 77.1 Å². The van der Waals surface area contributed by atoms with Gasteiger partial charge in [0.25, 0.3) is 0 Å². The van der Waals surface area contributed by atoms with Gasteiger partial charge in [-0.15, -0.1) is 0 Å². The van der Waals surface area contributed by atoms with Crippen LogP contribution in [0.1, 0.15) is 130 Å². The maximum absolute atomic E-state index is 7.72. The molecule has 76 heavy (non-hydrogen) atoms. The third-order valence-electron chi connectivity index (χ3n) is 18.9. The van der Waals surface area contributed by atoms with Gasteiger partial charge in [-0.3, -0.25) is 0 Å². The van der Waals surface area contributed by atoms with E-state index in [0.29, 0.717) is 0 Å². The van der Waals surface area contributed by atoms with Crippen molar-refractivity contribution in [2.45, 2.75) is 129 Å². The van der Waals surface area contributed by atoms with Crippen molar-refractivity contribution in [3.63, 3.8) is 0 Å². The predicted molar refractivity (Wildman–Crippen MR) is 319 cm³/mol. The Morgan fingerprint density at radius 3 is 1.63 bits per heavy atom. The molecule has 4 aliphatic rings. The Labute approximate surface area is 446 Å². The number of hydrogen-bond donors (Lipinski definition) is 0. The van der Waals surface area contributed by atoms with Crippen molar-refractivity contribution >= 4 is 101 Å². The first kappa shape index (κ1) is 45.9. The van der Waals surface area contributed by atoms with Crippen LogP contribution in [0.2, 0.25) is 0 Å². The van der Waals surface area contributed by atoms with Gasteiger partial charge in [0.1, 0.15) is 33.6 Å². The lowest BCUT2D eigenvalue weighted by atomic mass is 9.45. The minimum Gasteiger partial charge on any atom is -0.466 e. The minimum absolute atomic E-state index is 0.00444. The van der Waals surface area contributed by atoms with Crippen LogP contribution in [-0.4, -0.2) is 6.85 Å². The molecule has 11 aromatic rings. The summed E-state index contributed by atoms with van der Waals surface area (Å²) in [4.78, 5) is 5.10. The van der Waals surface area contributed by atoms with Crippen molar-refractivity contribution < 1.29 is 13.3 Å². The molecule has 2 aliphatic carbocycles. The average molecular weight is 993 g/mol. The second-order valence-electron chi connectivity index (χ2n) is 26.6. The van der Waals surface area contributed by atoms with Gasteiger partial charge >= 0.3 is 6.85 Å². The van der Waals surface area contributed by atoms with Gasteiger partial charge in [0.2, 0.25) is 0 Å². The van der Waals surface area contributed by atoms with Crippen molar-refractivity contribution in [1.29, 1.82) is 0 Å². The molecule has 2 aliphatic heterocycles. The Kier molecular flexibility index (Phi) is 9.15. The van der Waals surface area contributed by atoms with E-state index in [0.717, 1.165) is 131 Å². The highest BCUT2D eigenvalue weighted by atomic mass is 16.3. The van der Waals surface area contributed by atoms with E-state index in [-0.39, 0.29) is 33.9 Å². The van der Waals surface area contributed by atoms with E-state index in [1.165, 1.54) is 38.9 Å². The highest BCUT2D eigenvalue weighted by Gasteiger charge is 2.51. The molecule has 0 fully saturated rings. The topological polar surface area (TPSA) is 45.9 Å². The van der Waals surface area contributed by atoms with Crippen LogP contribution in [0.3, 0.4) is 0 Å². The summed E-state index contributed by atoms with van der Waals surface area (Å²) in [7, 11) is 0. The van der Waals surface area contributed by atoms with Crippen LogP contribution in [0.4, 0.5) is 28.4 Å². The molecule has 376 valence electrons. The molecule has 5 nitrogen and oxygen atoms in total. The zero-order chi connectivity index (χ0) is 52.2. The van der Waals surface area contributed by atoms with Crippen LogP contribution in [0.5, 0.6) is 0 Å². The lowest BCUT2D eigenvalue weighted by Gasteiger charge is -2.44. The number of nitrogens with zero attached hydrogens (tertiary/aromatic N) is 2. The van der Waals surface area contributed by atoms with Gasteiger partial charge in [-0.1, -0.05) is 149 Å². The molecule has 0 amide bonds. The quantitative estimate of drug-likeness (QED) is 0.165. The molecule has 0 unspecified atom stereocenters. The summed E-state index contributed by atoms with van der Waals surface area (Å²) in [5.41, 5.74) is 23.5. The van der Waals surface area contributed by atoms with Crippen LogP contribution < -0.4 is 20.8 Å². The van der Waals surface area contributed by atoms with Crippen molar-refractivity contribution in [3.05, 3.63) is 173 Å². The molecule has 0 N–H and O–H groups in total. The number of para-hydroxylation sites is 1. The third kappa shape index (κ3) is 6.39. The molecule has 0 saturated carbocycles. The smallest absolute Gasteiger partial charge is 0.376 e. The Morgan fingerprint density at radius 1 is 0.447 bits per heavy atom. The van der Waals surface area contributed by atoms with E-state index in [4.69, 9.17) is 13.3 Å². The molecule has 0 saturated heterocycles. The third-order valence-corrected chi connectivity index (χ3v) is 18.9. The fraction of sp³-hybridized carbons (Fsp3) is 0.286. The monoisotopic (exact) mass is 993 g/mol. The minimum atomic E-state index is -0.390. The summed E-state index contributed by atoms with van der Waals surface area (Å²) < 4.78 is 22.2. The molecule has 0 spiro atoms. The van der Waals surface area contributed by atoms with E-state index in [1.54, 1.807) is 0 Å². The van der Waals surface area contributed by atoms with Crippen molar-refractivity contribution in [1.82, 2.24) is 0 Å². The first-order chi connectivity index (χ1) is 36.3. The van der Waals surface area contributed by atoms with Crippen molar-refractivity contribution in [2.75, 3.05) is 9.71 Å². The van der Waals surface area contributed by atoms with Crippen molar-refractivity contribution in [2.24, 2.45) is 0 Å². The van der Waals surface area contributed by atoms with Crippen LogP contribution in [0.15, 0.2) is 159 Å². The second kappa shape index (κ2) is 15.2. The maximum Gasteiger partial charge on any atom is 0.376 e. The largest absolute Gasteiger partial charge is 0.466 e. The highest BCUT2D eigenvalue weighted by molar-refractivity contribution is 6.93. The van der Waals surface area contributed by atoms with Gasteiger partial charge in [-0.2, -0.15) is 0 Å². The maximum atomic E-state index is 7.72. The first-order valence-electron chi connectivity index (χ1n) is 27.8. The SMILES string of the molecule is CC(C)(C)c1ccc(N2c3cc4c(oc5ccccc54)c4c3B(c3oc5cc6c(cc5c32)C(C)(C)CCC6(C)C)N(c2ccc(-c3ccccc3)cc2)c2cc3oc5cc6c(cc5c3cc2-4)C(C)(C)CCC6(C)C)cc1.